The zero-order valence-electron chi connectivity index (χ0n) is 15.4. The minimum atomic E-state index is -0.488. The number of hydrogen-bond donors (Lipinski definition) is 1. The number of amides is 1. The van der Waals surface area contributed by atoms with Crippen LogP contribution in [0.1, 0.15) is 38.2 Å². The van der Waals surface area contributed by atoms with E-state index in [2.05, 4.69) is 4.90 Å². The normalized spacial score (nSPS) is 28.4. The molecule has 2 fully saturated rings. The molecule has 3 atom stereocenters. The third kappa shape index (κ3) is 4.53. The molecule has 1 aromatic rings. The molecule has 1 amide bonds. The number of carbonyl (C=O) groups is 1. The summed E-state index contributed by atoms with van der Waals surface area (Å²) < 4.78 is 6.12. The van der Waals surface area contributed by atoms with Gasteiger partial charge in [0.1, 0.15) is 18.0 Å². The maximum atomic E-state index is 11.6. The molecule has 0 spiro atoms. The quantitative estimate of drug-likeness (QED) is 0.912. The minimum absolute atomic E-state index is 0.121. The molecule has 1 aliphatic heterocycles. The summed E-state index contributed by atoms with van der Waals surface area (Å²) in [6.07, 6.45) is 3.26. The molecule has 1 saturated heterocycles. The number of hydrogen-bond acceptors (Lipinski definition) is 4. The smallest absolute Gasteiger partial charge is 0.219 e. The first kappa shape index (κ1) is 18.2. The Morgan fingerprint density at radius 3 is 2.76 bits per heavy atom. The topological polar surface area (TPSA) is 53.0 Å². The molecule has 5 nitrogen and oxygen atoms in total. The molecule has 1 heterocycles. The summed E-state index contributed by atoms with van der Waals surface area (Å²) in [5.41, 5.74) is 1.16. The molecule has 1 saturated carbocycles. The minimum Gasteiger partial charge on any atom is -0.488 e. The maximum Gasteiger partial charge on any atom is 0.219 e. The van der Waals surface area contributed by atoms with Gasteiger partial charge in [0.25, 0.3) is 0 Å². The molecule has 1 N–H and O–H groups in total. The summed E-state index contributed by atoms with van der Waals surface area (Å²) in [6.45, 7) is 7.02. The van der Waals surface area contributed by atoms with Crippen LogP contribution in [-0.4, -0.2) is 65.2 Å². The Morgan fingerprint density at radius 1 is 1.16 bits per heavy atom. The van der Waals surface area contributed by atoms with Gasteiger partial charge in [-0.2, -0.15) is 0 Å². The first-order valence-corrected chi connectivity index (χ1v) is 9.45. The van der Waals surface area contributed by atoms with E-state index in [0.717, 1.165) is 63.2 Å². The highest BCUT2D eigenvalue weighted by Gasteiger charge is 2.37. The molecule has 3 rings (SSSR count). The second kappa shape index (κ2) is 8.19. The van der Waals surface area contributed by atoms with Gasteiger partial charge in [-0.25, -0.2) is 0 Å². The zero-order valence-corrected chi connectivity index (χ0v) is 15.4. The molecule has 0 bridgehead atoms. The average molecular weight is 346 g/mol. The standard InChI is InChI=1S/C20H30N2O3/c1-15-6-3-7-17(14-15)25-19-9-4-8-18(20(19)24)22-11-5-10-21(12-13-22)16(2)23/h3,6-7,14,18-20,24H,4-5,8-13H2,1-2H3/t18-,19+,20+/m0/s1. The molecule has 2 aliphatic rings. The number of aryl methyl sites for hydroxylation is 1. The zero-order chi connectivity index (χ0) is 17.8. The lowest BCUT2D eigenvalue weighted by molar-refractivity contribution is -0.128. The lowest BCUT2D eigenvalue weighted by Gasteiger charge is -2.41. The van der Waals surface area contributed by atoms with E-state index in [1.807, 2.05) is 36.1 Å². The van der Waals surface area contributed by atoms with Crippen LogP contribution in [-0.2, 0) is 4.79 Å². The second-order valence-electron chi connectivity index (χ2n) is 7.36. The van der Waals surface area contributed by atoms with Crippen LogP contribution in [0.25, 0.3) is 0 Å². The van der Waals surface area contributed by atoms with Gasteiger partial charge < -0.3 is 14.7 Å². The van der Waals surface area contributed by atoms with Crippen molar-refractivity contribution in [1.82, 2.24) is 9.80 Å². The van der Waals surface area contributed by atoms with Crippen molar-refractivity contribution in [2.75, 3.05) is 26.2 Å². The Balaban J connectivity index is 1.63. The van der Waals surface area contributed by atoms with Crippen molar-refractivity contribution in [2.45, 2.75) is 57.8 Å². The number of nitrogens with zero attached hydrogens (tertiary/aromatic N) is 2. The number of rotatable bonds is 3. The monoisotopic (exact) mass is 346 g/mol. The van der Waals surface area contributed by atoms with Gasteiger partial charge in [0, 0.05) is 39.1 Å². The Hall–Kier alpha value is -1.59. The lowest BCUT2D eigenvalue weighted by atomic mass is 9.88. The van der Waals surface area contributed by atoms with Crippen molar-refractivity contribution >= 4 is 5.91 Å². The van der Waals surface area contributed by atoms with Gasteiger partial charge >= 0.3 is 0 Å². The lowest BCUT2D eigenvalue weighted by Crippen LogP contribution is -2.53. The summed E-state index contributed by atoms with van der Waals surface area (Å²) in [5, 5.41) is 10.9. The van der Waals surface area contributed by atoms with E-state index in [9.17, 15) is 9.90 Å². The molecule has 0 aromatic heterocycles. The van der Waals surface area contributed by atoms with Crippen molar-refractivity contribution in [3.05, 3.63) is 29.8 Å². The van der Waals surface area contributed by atoms with E-state index < -0.39 is 6.10 Å². The maximum absolute atomic E-state index is 11.6. The number of benzene rings is 1. The van der Waals surface area contributed by atoms with E-state index in [0.29, 0.717) is 0 Å². The van der Waals surface area contributed by atoms with Gasteiger partial charge in [0.15, 0.2) is 0 Å². The van der Waals surface area contributed by atoms with E-state index >= 15 is 0 Å². The summed E-state index contributed by atoms with van der Waals surface area (Å²) in [4.78, 5) is 15.9. The number of carbonyl (C=O) groups excluding carboxylic acids is 1. The predicted molar refractivity (Wildman–Crippen MR) is 97.7 cm³/mol. The van der Waals surface area contributed by atoms with Crippen LogP contribution in [0.15, 0.2) is 24.3 Å². The second-order valence-corrected chi connectivity index (χ2v) is 7.36. The Labute approximate surface area is 150 Å². The van der Waals surface area contributed by atoms with Crippen molar-refractivity contribution in [3.8, 4) is 5.75 Å². The predicted octanol–water partition coefficient (Wildman–Crippen LogP) is 2.21. The van der Waals surface area contributed by atoms with Gasteiger partial charge in [-0.15, -0.1) is 0 Å². The Kier molecular flexibility index (Phi) is 5.97. The van der Waals surface area contributed by atoms with Crippen LogP contribution in [0.5, 0.6) is 5.75 Å². The van der Waals surface area contributed by atoms with Crippen molar-refractivity contribution in [1.29, 1.82) is 0 Å². The number of aliphatic hydroxyl groups excluding tert-OH is 1. The highest BCUT2D eigenvalue weighted by atomic mass is 16.5. The van der Waals surface area contributed by atoms with E-state index in [1.165, 1.54) is 0 Å². The van der Waals surface area contributed by atoms with Gasteiger partial charge in [0.2, 0.25) is 5.91 Å². The molecule has 0 radical (unpaired) electrons. The van der Waals surface area contributed by atoms with E-state index in [1.54, 1.807) is 6.92 Å². The molecule has 1 aromatic carbocycles. The Morgan fingerprint density at radius 2 is 2.00 bits per heavy atom. The number of ether oxygens (including phenoxy) is 1. The molecular weight excluding hydrogens is 316 g/mol. The van der Waals surface area contributed by atoms with Crippen LogP contribution in [0.4, 0.5) is 0 Å². The molecule has 1 aliphatic carbocycles. The van der Waals surface area contributed by atoms with Crippen molar-refractivity contribution in [3.63, 3.8) is 0 Å². The van der Waals surface area contributed by atoms with Gasteiger partial charge in [-0.3, -0.25) is 9.69 Å². The molecule has 138 valence electrons. The Bertz CT molecular complexity index is 592. The molecular formula is C20H30N2O3. The highest BCUT2D eigenvalue weighted by Crippen LogP contribution is 2.28. The van der Waals surface area contributed by atoms with Crippen molar-refractivity contribution in [2.24, 2.45) is 0 Å². The van der Waals surface area contributed by atoms with Crippen molar-refractivity contribution < 1.29 is 14.6 Å². The highest BCUT2D eigenvalue weighted by molar-refractivity contribution is 5.73. The third-order valence-corrected chi connectivity index (χ3v) is 5.49. The first-order valence-electron chi connectivity index (χ1n) is 9.45. The third-order valence-electron chi connectivity index (χ3n) is 5.49. The van der Waals surface area contributed by atoms with E-state index in [4.69, 9.17) is 4.74 Å². The summed E-state index contributed by atoms with van der Waals surface area (Å²) in [5.74, 6) is 0.982. The fourth-order valence-corrected chi connectivity index (χ4v) is 4.09. The van der Waals surface area contributed by atoms with Gasteiger partial charge in [0.05, 0.1) is 0 Å². The fraction of sp³-hybridized carbons (Fsp3) is 0.650. The molecule has 25 heavy (non-hydrogen) atoms. The summed E-state index contributed by atoms with van der Waals surface area (Å²) in [7, 11) is 0. The fourth-order valence-electron chi connectivity index (χ4n) is 4.09. The van der Waals surface area contributed by atoms with Crippen LogP contribution in [0.3, 0.4) is 0 Å². The van der Waals surface area contributed by atoms with Crippen LogP contribution >= 0.6 is 0 Å². The van der Waals surface area contributed by atoms with E-state index in [-0.39, 0.29) is 18.1 Å². The largest absolute Gasteiger partial charge is 0.488 e. The summed E-state index contributed by atoms with van der Waals surface area (Å²) >= 11 is 0. The van der Waals surface area contributed by atoms with Gasteiger partial charge in [-0.05, 0) is 50.3 Å². The molecule has 0 unspecified atom stereocenters. The van der Waals surface area contributed by atoms with Gasteiger partial charge in [-0.1, -0.05) is 12.1 Å². The SMILES string of the molecule is CC(=O)N1CCCN([C@H]2CCC[C@@H](Oc3cccc(C)c3)[C@@H]2O)CC1. The van der Waals surface area contributed by atoms with Crippen LogP contribution in [0.2, 0.25) is 0 Å². The van der Waals surface area contributed by atoms with Crippen LogP contribution < -0.4 is 4.74 Å². The molecule has 5 heteroatoms. The summed E-state index contributed by atoms with van der Waals surface area (Å²) in [6, 6.07) is 8.14. The average Bonchev–Trinajstić information content (AvgIpc) is 2.83. The first-order chi connectivity index (χ1) is 12.0. The number of aliphatic hydroxyl groups is 1. The van der Waals surface area contributed by atoms with Crippen LogP contribution in [0, 0.1) is 6.92 Å².